The molecule has 3 N–H and O–H groups in total. The van der Waals surface area contributed by atoms with Crippen molar-refractivity contribution >= 4 is 11.8 Å². The van der Waals surface area contributed by atoms with E-state index in [1.807, 2.05) is 39.0 Å². The van der Waals surface area contributed by atoms with Gasteiger partial charge in [-0.25, -0.2) is 4.79 Å². The summed E-state index contributed by atoms with van der Waals surface area (Å²) in [6.45, 7) is 6.25. The fraction of sp³-hybridized carbons (Fsp3) is 0.562. The molecule has 1 amide bonds. The first-order valence-electron chi connectivity index (χ1n) is 7.15. The molecule has 0 aromatic heterocycles. The summed E-state index contributed by atoms with van der Waals surface area (Å²) < 4.78 is 5.26. The highest BCUT2D eigenvalue weighted by Gasteiger charge is 2.43. The van der Waals surface area contributed by atoms with Crippen LogP contribution >= 0.6 is 0 Å². The maximum Gasteiger partial charge on any atom is 0.412 e. The molecule has 0 spiro atoms. The van der Waals surface area contributed by atoms with Gasteiger partial charge in [-0.15, -0.1) is 0 Å². The van der Waals surface area contributed by atoms with Crippen LogP contribution in [0.5, 0.6) is 0 Å². The molecule has 110 valence electrons. The molecule has 1 aliphatic rings. The van der Waals surface area contributed by atoms with Gasteiger partial charge in [0.2, 0.25) is 0 Å². The molecule has 4 heteroatoms. The molecule has 0 atom stereocenters. The summed E-state index contributed by atoms with van der Waals surface area (Å²) in [6, 6.07) is 8.00. The lowest BCUT2D eigenvalue weighted by atomic mass is 9.92. The van der Waals surface area contributed by atoms with Gasteiger partial charge in [-0.05, 0) is 69.7 Å². The third-order valence-electron chi connectivity index (χ3n) is 3.60. The summed E-state index contributed by atoms with van der Waals surface area (Å²) in [5.74, 6) is 0. The molecule has 2 rings (SSSR count). The maximum absolute atomic E-state index is 11.8. The Labute approximate surface area is 120 Å². The number of hydrogen-bond acceptors (Lipinski definition) is 3. The summed E-state index contributed by atoms with van der Waals surface area (Å²) in [4.78, 5) is 11.8. The monoisotopic (exact) mass is 276 g/mol. The Morgan fingerprint density at radius 2 is 2.10 bits per heavy atom. The highest BCUT2D eigenvalue weighted by Crippen LogP contribution is 2.51. The minimum atomic E-state index is -0.487. The molecule has 1 aromatic rings. The Morgan fingerprint density at radius 3 is 2.65 bits per heavy atom. The number of benzene rings is 1. The first-order valence-corrected chi connectivity index (χ1v) is 7.15. The van der Waals surface area contributed by atoms with Crippen LogP contribution in [0.15, 0.2) is 24.3 Å². The molecule has 0 heterocycles. The van der Waals surface area contributed by atoms with Crippen LogP contribution in [0, 0.1) is 0 Å². The number of rotatable bonds is 4. The second-order valence-electron chi connectivity index (χ2n) is 6.53. The van der Waals surface area contributed by atoms with E-state index < -0.39 is 11.7 Å². The normalized spacial score (nSPS) is 16.6. The SMILES string of the molecule is CC(C)(C)OC(=O)Nc1cccc(C2(CCN)CC2)c1. The average molecular weight is 276 g/mol. The number of nitrogens with one attached hydrogen (secondary N) is 1. The van der Waals surface area contributed by atoms with Gasteiger partial charge in [-0.2, -0.15) is 0 Å². The second kappa shape index (κ2) is 5.44. The molecule has 0 unspecified atom stereocenters. The van der Waals surface area contributed by atoms with Crippen molar-refractivity contribution in [1.82, 2.24) is 0 Å². The van der Waals surface area contributed by atoms with Crippen LogP contribution in [-0.2, 0) is 10.2 Å². The Kier molecular flexibility index (Phi) is 4.04. The number of ether oxygens (including phenoxy) is 1. The van der Waals surface area contributed by atoms with Crippen LogP contribution in [0.2, 0.25) is 0 Å². The largest absolute Gasteiger partial charge is 0.444 e. The minimum absolute atomic E-state index is 0.236. The van der Waals surface area contributed by atoms with Crippen LogP contribution in [-0.4, -0.2) is 18.2 Å². The van der Waals surface area contributed by atoms with Crippen molar-refractivity contribution in [1.29, 1.82) is 0 Å². The van der Waals surface area contributed by atoms with Crippen LogP contribution in [0.25, 0.3) is 0 Å². The fourth-order valence-electron chi connectivity index (χ4n) is 2.46. The lowest BCUT2D eigenvalue weighted by Gasteiger charge is -2.20. The van der Waals surface area contributed by atoms with E-state index in [4.69, 9.17) is 10.5 Å². The van der Waals surface area contributed by atoms with Gasteiger partial charge in [0.25, 0.3) is 0 Å². The topological polar surface area (TPSA) is 64.3 Å². The lowest BCUT2D eigenvalue weighted by Crippen LogP contribution is -2.27. The van der Waals surface area contributed by atoms with Gasteiger partial charge in [0.15, 0.2) is 0 Å². The van der Waals surface area contributed by atoms with Gasteiger partial charge in [-0.3, -0.25) is 5.32 Å². The number of carbonyl (C=O) groups excluding carboxylic acids is 1. The quantitative estimate of drug-likeness (QED) is 0.885. The standard InChI is InChI=1S/C16H24N2O2/c1-15(2,3)20-14(19)18-13-6-4-5-12(11-13)16(7-8-16)9-10-17/h4-6,11H,7-10,17H2,1-3H3,(H,18,19). The zero-order valence-electron chi connectivity index (χ0n) is 12.5. The molecule has 20 heavy (non-hydrogen) atoms. The van der Waals surface area contributed by atoms with Gasteiger partial charge in [-0.1, -0.05) is 12.1 Å². The lowest BCUT2D eigenvalue weighted by molar-refractivity contribution is 0.0636. The molecule has 0 radical (unpaired) electrons. The van der Waals surface area contributed by atoms with Crippen molar-refractivity contribution in [2.24, 2.45) is 5.73 Å². The Morgan fingerprint density at radius 1 is 1.40 bits per heavy atom. The molecule has 1 saturated carbocycles. The van der Waals surface area contributed by atoms with Crippen LogP contribution in [0.1, 0.15) is 45.6 Å². The summed E-state index contributed by atoms with van der Waals surface area (Å²) in [6.07, 6.45) is 2.95. The molecule has 1 fully saturated rings. The zero-order chi connectivity index (χ0) is 14.8. The predicted octanol–water partition coefficient (Wildman–Crippen LogP) is 3.41. The third-order valence-corrected chi connectivity index (χ3v) is 3.60. The van der Waals surface area contributed by atoms with E-state index in [2.05, 4.69) is 11.4 Å². The van der Waals surface area contributed by atoms with Crippen molar-refractivity contribution in [3.05, 3.63) is 29.8 Å². The fourth-order valence-corrected chi connectivity index (χ4v) is 2.46. The minimum Gasteiger partial charge on any atom is -0.444 e. The van der Waals surface area contributed by atoms with Gasteiger partial charge in [0.05, 0.1) is 0 Å². The molecular formula is C16H24N2O2. The van der Waals surface area contributed by atoms with E-state index in [-0.39, 0.29) is 5.41 Å². The van der Waals surface area contributed by atoms with E-state index >= 15 is 0 Å². The van der Waals surface area contributed by atoms with Crippen molar-refractivity contribution < 1.29 is 9.53 Å². The molecule has 1 aliphatic carbocycles. The van der Waals surface area contributed by atoms with Gasteiger partial charge in [0.1, 0.15) is 5.60 Å². The smallest absolute Gasteiger partial charge is 0.412 e. The Balaban J connectivity index is 2.05. The number of amides is 1. The molecule has 0 aliphatic heterocycles. The third kappa shape index (κ3) is 3.73. The highest BCUT2D eigenvalue weighted by molar-refractivity contribution is 5.85. The van der Waals surface area contributed by atoms with E-state index in [1.54, 1.807) is 0 Å². The predicted molar refractivity (Wildman–Crippen MR) is 80.9 cm³/mol. The van der Waals surface area contributed by atoms with E-state index in [9.17, 15) is 4.79 Å². The summed E-state index contributed by atoms with van der Waals surface area (Å²) in [5, 5.41) is 2.79. The molecule has 0 saturated heterocycles. The zero-order valence-corrected chi connectivity index (χ0v) is 12.5. The highest BCUT2D eigenvalue weighted by atomic mass is 16.6. The van der Waals surface area contributed by atoms with E-state index in [0.29, 0.717) is 6.54 Å². The van der Waals surface area contributed by atoms with Gasteiger partial charge >= 0.3 is 6.09 Å². The number of carbonyl (C=O) groups is 1. The van der Waals surface area contributed by atoms with Crippen LogP contribution in [0.3, 0.4) is 0 Å². The summed E-state index contributed by atoms with van der Waals surface area (Å²) in [7, 11) is 0. The molecule has 4 nitrogen and oxygen atoms in total. The average Bonchev–Trinajstić information content (AvgIpc) is 3.08. The number of nitrogens with two attached hydrogens (primary N) is 1. The number of hydrogen-bond donors (Lipinski definition) is 2. The van der Waals surface area contributed by atoms with Crippen molar-refractivity contribution in [3.63, 3.8) is 0 Å². The second-order valence-corrected chi connectivity index (χ2v) is 6.53. The van der Waals surface area contributed by atoms with Crippen molar-refractivity contribution in [2.75, 3.05) is 11.9 Å². The first-order chi connectivity index (χ1) is 9.35. The van der Waals surface area contributed by atoms with E-state index in [0.717, 1.165) is 12.1 Å². The molecule has 0 bridgehead atoms. The summed E-state index contributed by atoms with van der Waals surface area (Å²) in [5.41, 5.74) is 7.48. The van der Waals surface area contributed by atoms with Crippen LogP contribution < -0.4 is 11.1 Å². The van der Waals surface area contributed by atoms with E-state index in [1.165, 1.54) is 18.4 Å². The summed E-state index contributed by atoms with van der Waals surface area (Å²) >= 11 is 0. The van der Waals surface area contributed by atoms with Crippen molar-refractivity contribution in [2.45, 2.75) is 51.0 Å². The maximum atomic E-state index is 11.8. The number of anilines is 1. The van der Waals surface area contributed by atoms with Gasteiger partial charge < -0.3 is 10.5 Å². The van der Waals surface area contributed by atoms with Crippen molar-refractivity contribution in [3.8, 4) is 0 Å². The van der Waals surface area contributed by atoms with Gasteiger partial charge in [0, 0.05) is 5.69 Å². The first kappa shape index (κ1) is 14.9. The molecule has 1 aromatic carbocycles. The Bertz CT molecular complexity index is 487. The molecular weight excluding hydrogens is 252 g/mol. The van der Waals surface area contributed by atoms with Crippen LogP contribution in [0.4, 0.5) is 10.5 Å². The Hall–Kier alpha value is -1.55.